The first-order chi connectivity index (χ1) is 12.4. The van der Waals surface area contributed by atoms with Crippen LogP contribution < -0.4 is 5.32 Å². The van der Waals surface area contributed by atoms with Gasteiger partial charge in [-0.3, -0.25) is 19.7 Å². The summed E-state index contributed by atoms with van der Waals surface area (Å²) in [6.45, 7) is 4.76. The largest absolute Gasteiger partial charge is 0.354 e. The molecule has 1 saturated heterocycles. The van der Waals surface area contributed by atoms with E-state index in [1.165, 1.54) is 34.9 Å². The molecule has 1 fully saturated rings. The van der Waals surface area contributed by atoms with E-state index < -0.39 is 11.0 Å². The molecule has 0 bridgehead atoms. The molecule has 7 nitrogen and oxygen atoms in total. The van der Waals surface area contributed by atoms with E-state index in [1.54, 1.807) is 18.2 Å². The topological polar surface area (TPSA) is 92.6 Å². The van der Waals surface area contributed by atoms with E-state index in [1.807, 2.05) is 0 Å². The summed E-state index contributed by atoms with van der Waals surface area (Å²) in [5.41, 5.74) is 0.297. The minimum atomic E-state index is -0.505. The number of hydrogen-bond acceptors (Lipinski definition) is 5. The van der Waals surface area contributed by atoms with Crippen molar-refractivity contribution in [2.45, 2.75) is 26.3 Å². The van der Waals surface area contributed by atoms with Crippen LogP contribution in [-0.4, -0.2) is 45.9 Å². The lowest BCUT2D eigenvalue weighted by Crippen LogP contribution is -2.47. The van der Waals surface area contributed by atoms with Gasteiger partial charge in [0.25, 0.3) is 5.69 Å². The fourth-order valence-electron chi connectivity index (χ4n) is 2.53. The number of carbonyl (C=O) groups is 2. The van der Waals surface area contributed by atoms with Gasteiger partial charge in [-0.15, -0.1) is 11.8 Å². The molecule has 1 N–H and O–H groups in total. The molecule has 0 spiro atoms. The van der Waals surface area contributed by atoms with Crippen molar-refractivity contribution in [2.75, 3.05) is 18.2 Å². The van der Waals surface area contributed by atoms with Crippen LogP contribution in [0.3, 0.4) is 0 Å². The molecule has 1 heterocycles. The van der Waals surface area contributed by atoms with Crippen LogP contribution in [0.4, 0.5) is 5.69 Å². The van der Waals surface area contributed by atoms with Crippen LogP contribution in [0.5, 0.6) is 0 Å². The van der Waals surface area contributed by atoms with Gasteiger partial charge in [-0.25, -0.2) is 0 Å². The molecule has 1 atom stereocenters. The minimum absolute atomic E-state index is 0.0599. The molecule has 1 aliphatic heterocycles. The van der Waals surface area contributed by atoms with Crippen LogP contribution in [0.15, 0.2) is 30.3 Å². The molecule has 140 valence electrons. The number of hydrogen-bond donors (Lipinski definition) is 1. The summed E-state index contributed by atoms with van der Waals surface area (Å²) in [6, 6.07) is 5.72. The Bertz CT molecular complexity index is 705. The van der Waals surface area contributed by atoms with Crippen molar-refractivity contribution < 1.29 is 14.5 Å². The maximum atomic E-state index is 12.5. The van der Waals surface area contributed by atoms with Crippen molar-refractivity contribution in [2.24, 2.45) is 5.92 Å². The van der Waals surface area contributed by atoms with Gasteiger partial charge < -0.3 is 10.2 Å². The van der Waals surface area contributed by atoms with Crippen LogP contribution in [0.1, 0.15) is 25.8 Å². The van der Waals surface area contributed by atoms with Crippen molar-refractivity contribution in [1.82, 2.24) is 10.2 Å². The summed E-state index contributed by atoms with van der Waals surface area (Å²) < 4.78 is 0. The summed E-state index contributed by atoms with van der Waals surface area (Å²) in [6.07, 6.45) is 3.61. The molecule has 0 radical (unpaired) electrons. The second kappa shape index (κ2) is 9.38. The number of benzene rings is 1. The van der Waals surface area contributed by atoms with Crippen molar-refractivity contribution >= 4 is 35.3 Å². The summed E-state index contributed by atoms with van der Waals surface area (Å²) in [7, 11) is 0. The molecule has 0 aliphatic carbocycles. The first-order valence-corrected chi connectivity index (χ1v) is 9.63. The van der Waals surface area contributed by atoms with Crippen LogP contribution in [0, 0.1) is 16.0 Å². The summed E-state index contributed by atoms with van der Waals surface area (Å²) >= 11 is 1.52. The molecule has 0 saturated carbocycles. The predicted octanol–water partition coefficient (Wildman–Crippen LogP) is 2.67. The van der Waals surface area contributed by atoms with E-state index in [2.05, 4.69) is 19.2 Å². The van der Waals surface area contributed by atoms with Gasteiger partial charge in [-0.05, 0) is 24.5 Å². The van der Waals surface area contributed by atoms with Crippen LogP contribution in [0.2, 0.25) is 0 Å². The predicted molar refractivity (Wildman–Crippen MR) is 103 cm³/mol. The lowest BCUT2D eigenvalue weighted by Gasteiger charge is -2.22. The van der Waals surface area contributed by atoms with E-state index in [0.29, 0.717) is 29.7 Å². The van der Waals surface area contributed by atoms with Gasteiger partial charge in [0.15, 0.2) is 0 Å². The van der Waals surface area contributed by atoms with Gasteiger partial charge >= 0.3 is 0 Å². The van der Waals surface area contributed by atoms with Gasteiger partial charge in [-0.1, -0.05) is 26.0 Å². The Balaban J connectivity index is 2.02. The second-order valence-electron chi connectivity index (χ2n) is 6.45. The Morgan fingerprint density at radius 1 is 1.42 bits per heavy atom. The molecular weight excluding hydrogens is 354 g/mol. The van der Waals surface area contributed by atoms with Gasteiger partial charge in [0.2, 0.25) is 11.8 Å². The van der Waals surface area contributed by atoms with Crippen molar-refractivity contribution in [3.8, 4) is 0 Å². The molecule has 0 aromatic heterocycles. The number of nitrogens with zero attached hydrogens (tertiary/aromatic N) is 2. The van der Waals surface area contributed by atoms with Crippen LogP contribution in [-0.2, 0) is 9.59 Å². The van der Waals surface area contributed by atoms with Gasteiger partial charge in [0.05, 0.1) is 16.4 Å². The number of carbonyl (C=O) groups excluding carboxylic acids is 2. The highest BCUT2D eigenvalue weighted by Gasteiger charge is 2.33. The number of nitro benzene ring substituents is 1. The van der Waals surface area contributed by atoms with E-state index in [-0.39, 0.29) is 17.5 Å². The van der Waals surface area contributed by atoms with E-state index in [9.17, 15) is 19.7 Å². The lowest BCUT2D eigenvalue weighted by molar-refractivity contribution is -0.385. The van der Waals surface area contributed by atoms with Gasteiger partial charge in [0, 0.05) is 24.4 Å². The van der Waals surface area contributed by atoms with Crippen molar-refractivity contribution in [1.29, 1.82) is 0 Å². The number of amides is 2. The maximum Gasteiger partial charge on any atom is 0.276 e. The Kier molecular flexibility index (Phi) is 7.20. The van der Waals surface area contributed by atoms with E-state index in [4.69, 9.17) is 0 Å². The Morgan fingerprint density at radius 2 is 2.15 bits per heavy atom. The standard InChI is InChI=1S/C18H23N3O4S/c1-13(2)9-10-19-18(23)16-11-26-12-20(16)17(22)8-7-14-5-3-4-6-15(14)21(24)25/h3-8,13,16H,9-12H2,1-2H3,(H,19,23)/b8-7-/t16-/m0/s1. The lowest BCUT2D eigenvalue weighted by atomic mass is 10.1. The van der Waals surface area contributed by atoms with Gasteiger partial charge in [0.1, 0.15) is 6.04 Å². The molecular formula is C18H23N3O4S. The zero-order valence-electron chi connectivity index (χ0n) is 14.9. The molecule has 26 heavy (non-hydrogen) atoms. The quantitative estimate of drug-likeness (QED) is 0.448. The average molecular weight is 377 g/mol. The maximum absolute atomic E-state index is 12.5. The summed E-state index contributed by atoms with van der Waals surface area (Å²) in [5, 5.41) is 13.9. The third kappa shape index (κ3) is 5.32. The molecule has 8 heteroatoms. The monoisotopic (exact) mass is 377 g/mol. The number of nitro groups is 1. The molecule has 0 unspecified atom stereocenters. The first-order valence-electron chi connectivity index (χ1n) is 8.47. The average Bonchev–Trinajstić information content (AvgIpc) is 3.09. The highest BCUT2D eigenvalue weighted by Crippen LogP contribution is 2.23. The molecule has 2 rings (SSSR count). The fraction of sp³-hybridized carbons (Fsp3) is 0.444. The number of rotatable bonds is 7. The van der Waals surface area contributed by atoms with E-state index >= 15 is 0 Å². The summed E-state index contributed by atoms with van der Waals surface area (Å²) in [4.78, 5) is 36.8. The zero-order valence-corrected chi connectivity index (χ0v) is 15.7. The Labute approximate surface area is 157 Å². The third-order valence-electron chi connectivity index (χ3n) is 4.03. The highest BCUT2D eigenvalue weighted by atomic mass is 32.2. The Hall–Kier alpha value is -2.35. The SMILES string of the molecule is CC(C)CCNC(=O)[C@@H]1CSCN1C(=O)/C=C\c1ccccc1[N+](=O)[O-]. The fourth-order valence-corrected chi connectivity index (χ4v) is 3.69. The number of nitrogens with one attached hydrogen (secondary N) is 1. The number of thioether (sulfide) groups is 1. The third-order valence-corrected chi connectivity index (χ3v) is 5.04. The Morgan fingerprint density at radius 3 is 2.85 bits per heavy atom. The minimum Gasteiger partial charge on any atom is -0.354 e. The van der Waals surface area contributed by atoms with Gasteiger partial charge in [-0.2, -0.15) is 0 Å². The number of para-hydroxylation sites is 1. The first kappa shape index (κ1) is 20.0. The van der Waals surface area contributed by atoms with Crippen LogP contribution in [0.25, 0.3) is 6.08 Å². The molecule has 1 aliphatic rings. The second-order valence-corrected chi connectivity index (χ2v) is 7.45. The smallest absolute Gasteiger partial charge is 0.276 e. The van der Waals surface area contributed by atoms with Crippen molar-refractivity contribution in [3.63, 3.8) is 0 Å². The molecule has 2 amide bonds. The van der Waals surface area contributed by atoms with Crippen molar-refractivity contribution in [3.05, 3.63) is 46.0 Å². The summed E-state index contributed by atoms with van der Waals surface area (Å²) in [5.74, 6) is 1.01. The molecule has 1 aromatic rings. The normalized spacial score (nSPS) is 17.0. The highest BCUT2D eigenvalue weighted by molar-refractivity contribution is 7.99. The zero-order chi connectivity index (χ0) is 19.1. The molecule has 1 aromatic carbocycles. The van der Waals surface area contributed by atoms with Crippen LogP contribution >= 0.6 is 11.8 Å². The van der Waals surface area contributed by atoms with E-state index in [0.717, 1.165) is 6.42 Å².